The van der Waals surface area contributed by atoms with Crippen molar-refractivity contribution in [1.29, 1.82) is 0 Å². The fourth-order valence-electron chi connectivity index (χ4n) is 1.90. The fraction of sp³-hybridized carbons (Fsp3) is 1.00. The third kappa shape index (κ3) is 9.22. The molecule has 6 heteroatoms. The van der Waals surface area contributed by atoms with E-state index >= 15 is 0 Å². The molecule has 2 nitrogen and oxygen atoms in total. The lowest BCUT2D eigenvalue weighted by Crippen LogP contribution is -2.33. The van der Waals surface area contributed by atoms with E-state index in [4.69, 9.17) is 41.5 Å². The van der Waals surface area contributed by atoms with Gasteiger partial charge in [-0.1, -0.05) is 13.8 Å². The molecule has 0 saturated heterocycles. The Kier molecular flexibility index (Phi) is 9.85. The minimum Gasteiger partial charge on any atom is -0.378 e. The Bertz CT molecular complexity index is 268. The first-order valence-electron chi connectivity index (χ1n) is 7.19. The molecule has 0 aromatic rings. The van der Waals surface area contributed by atoms with Crippen LogP contribution in [0.3, 0.4) is 0 Å². The fourth-order valence-corrected chi connectivity index (χ4v) is 3.35. The van der Waals surface area contributed by atoms with Gasteiger partial charge in [-0.15, -0.1) is 0 Å². The lowest BCUT2D eigenvalue weighted by Gasteiger charge is -2.32. The van der Waals surface area contributed by atoms with Crippen molar-refractivity contribution in [3.63, 3.8) is 0 Å². The smallest absolute Gasteiger partial charge is 0.0670 e. The lowest BCUT2D eigenvalue weighted by atomic mass is 9.96. The van der Waals surface area contributed by atoms with Crippen LogP contribution in [0.2, 0.25) is 0 Å². The molecule has 20 heavy (non-hydrogen) atoms. The first-order valence-corrected chi connectivity index (χ1v) is 11.5. The predicted molar refractivity (Wildman–Crippen MR) is 94.2 cm³/mol. The van der Waals surface area contributed by atoms with Crippen LogP contribution in [0.15, 0.2) is 0 Å². The molecule has 0 fully saturated rings. The zero-order valence-corrected chi connectivity index (χ0v) is 16.4. The summed E-state index contributed by atoms with van der Waals surface area (Å²) < 4.78 is 11.6. The summed E-state index contributed by atoms with van der Waals surface area (Å²) in [5.41, 5.74) is -0.242. The molecular weight excluding hydrogens is 339 g/mol. The zero-order valence-electron chi connectivity index (χ0n) is 13.3. The van der Waals surface area contributed by atoms with Crippen LogP contribution in [0.5, 0.6) is 0 Å². The summed E-state index contributed by atoms with van der Waals surface area (Å²) in [6.45, 7) is 9.22. The minimum atomic E-state index is -1.97. The number of ether oxygens (including phenoxy) is 2. The van der Waals surface area contributed by atoms with Crippen LogP contribution in [0.1, 0.15) is 59.8 Å². The molecule has 0 aliphatic carbocycles. The molecule has 0 heterocycles. The zero-order chi connectivity index (χ0) is 15.9. The number of hydrogen-bond donors (Lipinski definition) is 0. The monoisotopic (exact) mass is 366 g/mol. The normalized spacial score (nSPS) is 19.4. The van der Waals surface area contributed by atoms with E-state index in [1.165, 1.54) is 0 Å². The Hall–Kier alpha value is 1.14. The highest BCUT2D eigenvalue weighted by Crippen LogP contribution is 2.63. The largest absolute Gasteiger partial charge is 0.378 e. The predicted octanol–water partition coefficient (Wildman–Crippen LogP) is 6.42. The second-order valence-corrected chi connectivity index (χ2v) is 13.3. The first kappa shape index (κ1) is 21.1. The van der Waals surface area contributed by atoms with Crippen molar-refractivity contribution < 1.29 is 9.47 Å². The van der Waals surface area contributed by atoms with Crippen molar-refractivity contribution in [2.75, 3.05) is 19.5 Å². The third-order valence-electron chi connectivity index (χ3n) is 4.15. The van der Waals surface area contributed by atoms with E-state index in [1.807, 2.05) is 0 Å². The van der Waals surface area contributed by atoms with E-state index in [-0.39, 0.29) is 11.2 Å². The highest BCUT2D eigenvalue weighted by Gasteiger charge is 2.27. The highest BCUT2D eigenvalue weighted by atomic mass is 36.2. The van der Waals surface area contributed by atoms with Crippen LogP contribution in [0.4, 0.5) is 0 Å². The van der Waals surface area contributed by atoms with E-state index in [2.05, 4.69) is 27.7 Å². The van der Waals surface area contributed by atoms with Crippen LogP contribution >= 0.6 is 39.7 Å². The van der Waals surface area contributed by atoms with E-state index in [0.29, 0.717) is 12.4 Å². The lowest BCUT2D eigenvalue weighted by molar-refractivity contribution is -0.0778. The Labute approximate surface area is 139 Å². The van der Waals surface area contributed by atoms with Gasteiger partial charge in [0.05, 0.1) is 17.8 Å². The van der Waals surface area contributed by atoms with E-state index in [0.717, 1.165) is 32.1 Å². The molecule has 124 valence electrons. The van der Waals surface area contributed by atoms with E-state index in [1.54, 1.807) is 7.11 Å². The van der Waals surface area contributed by atoms with Crippen molar-refractivity contribution >= 4 is 39.7 Å². The number of halogens is 3. The molecule has 2 atom stereocenters. The molecule has 0 spiro atoms. The molecule has 0 saturated carbocycles. The van der Waals surface area contributed by atoms with Gasteiger partial charge in [0.2, 0.25) is 0 Å². The van der Waals surface area contributed by atoms with Gasteiger partial charge >= 0.3 is 0 Å². The van der Waals surface area contributed by atoms with Gasteiger partial charge in [-0.25, -0.2) is 0 Å². The average Bonchev–Trinajstić information content (AvgIpc) is 2.37. The van der Waals surface area contributed by atoms with Gasteiger partial charge in [0, 0.05) is 12.9 Å². The summed E-state index contributed by atoms with van der Waals surface area (Å²) in [6.07, 6.45) is 4.63. The topological polar surface area (TPSA) is 18.5 Å². The maximum Gasteiger partial charge on any atom is 0.0670 e. The summed E-state index contributed by atoms with van der Waals surface area (Å²) in [5, 5.41) is 0. The van der Waals surface area contributed by atoms with Crippen molar-refractivity contribution in [2.24, 2.45) is 0 Å². The molecule has 0 aliphatic heterocycles. The summed E-state index contributed by atoms with van der Waals surface area (Å²) in [5.74, 6) is 0.640. The second kappa shape index (κ2) is 9.32. The summed E-state index contributed by atoms with van der Waals surface area (Å²) >= 11 is 0. The van der Waals surface area contributed by atoms with E-state index in [9.17, 15) is 0 Å². The molecule has 0 aromatic heterocycles. The van der Waals surface area contributed by atoms with Crippen LogP contribution in [0.25, 0.3) is 0 Å². The van der Waals surface area contributed by atoms with Gasteiger partial charge in [0.25, 0.3) is 0 Å². The molecule has 2 unspecified atom stereocenters. The average molecular weight is 368 g/mol. The quantitative estimate of drug-likeness (QED) is 0.419. The van der Waals surface area contributed by atoms with Crippen molar-refractivity contribution in [3.8, 4) is 0 Å². The molecule has 0 aliphatic rings. The van der Waals surface area contributed by atoms with Crippen LogP contribution in [-0.2, 0) is 9.47 Å². The van der Waals surface area contributed by atoms with Gasteiger partial charge in [-0.3, -0.25) is 0 Å². The first-order chi connectivity index (χ1) is 9.10. The molecule has 0 amide bonds. The molecular formula is C14H29Cl3O2S. The van der Waals surface area contributed by atoms with Gasteiger partial charge in [0.1, 0.15) is 0 Å². The maximum atomic E-state index is 6.09. The third-order valence-corrected chi connectivity index (χ3v) is 6.29. The van der Waals surface area contributed by atoms with E-state index < -0.39 is 7.67 Å². The molecule has 0 bridgehead atoms. The van der Waals surface area contributed by atoms with Gasteiger partial charge in [0.15, 0.2) is 0 Å². The van der Waals surface area contributed by atoms with Gasteiger partial charge in [-0.2, -0.15) is 0 Å². The standard InChI is InChI=1S/C14H29Cl3O2S/c1-6-13(3,18-5)10-11-19-14(4,7-2)9-8-12-20(15,16)17/h6-12H2,1-5H3. The second-order valence-electron chi connectivity index (χ2n) is 5.72. The Morgan fingerprint density at radius 1 is 0.950 bits per heavy atom. The summed E-state index contributed by atoms with van der Waals surface area (Å²) in [4.78, 5) is 0. The number of rotatable bonds is 11. The molecule has 0 rings (SSSR count). The number of methoxy groups -OCH3 is 1. The SMILES string of the molecule is CCC(C)(CCOC(C)(CC)CCCS(Cl)(Cl)Cl)OC. The molecule has 0 aromatic carbocycles. The Morgan fingerprint density at radius 3 is 1.90 bits per heavy atom. The van der Waals surface area contributed by atoms with Crippen LogP contribution in [0, 0.1) is 0 Å². The van der Waals surface area contributed by atoms with Gasteiger partial charge < -0.3 is 9.47 Å². The van der Waals surface area contributed by atoms with Crippen LogP contribution in [-0.4, -0.2) is 30.7 Å². The van der Waals surface area contributed by atoms with Crippen molar-refractivity contribution in [3.05, 3.63) is 0 Å². The summed E-state index contributed by atoms with van der Waals surface area (Å²) in [7, 11) is 17.4. The number of hydrogen-bond acceptors (Lipinski definition) is 2. The highest BCUT2D eigenvalue weighted by molar-refractivity contribution is 8.79. The minimum absolute atomic E-state index is 0.101. The Morgan fingerprint density at radius 2 is 1.50 bits per heavy atom. The Balaban J connectivity index is 4.18. The molecule has 0 radical (unpaired) electrons. The van der Waals surface area contributed by atoms with Crippen molar-refractivity contribution in [2.45, 2.75) is 71.0 Å². The van der Waals surface area contributed by atoms with Crippen LogP contribution < -0.4 is 0 Å². The molecule has 0 N–H and O–H groups in total. The van der Waals surface area contributed by atoms with Gasteiger partial charge in [-0.05, 0) is 85.7 Å². The van der Waals surface area contributed by atoms with Crippen molar-refractivity contribution in [1.82, 2.24) is 0 Å². The maximum absolute atomic E-state index is 6.09. The summed E-state index contributed by atoms with van der Waals surface area (Å²) in [6, 6.07) is 0.